The van der Waals surface area contributed by atoms with Crippen LogP contribution >= 0.6 is 0 Å². The van der Waals surface area contributed by atoms with E-state index in [1.807, 2.05) is 45.0 Å². The van der Waals surface area contributed by atoms with Crippen molar-refractivity contribution >= 4 is 6.03 Å². The SMILES string of the molecule is Cc1ccccc1C(C)NC(=O)NC(C)COCC(C)C. The van der Waals surface area contributed by atoms with Gasteiger partial charge in [0.2, 0.25) is 0 Å². The number of rotatable bonds is 7. The first kappa shape index (κ1) is 17.5. The highest BCUT2D eigenvalue weighted by Crippen LogP contribution is 2.16. The molecule has 0 bridgehead atoms. The van der Waals surface area contributed by atoms with Crippen LogP contribution < -0.4 is 10.6 Å². The van der Waals surface area contributed by atoms with E-state index < -0.39 is 0 Å². The lowest BCUT2D eigenvalue weighted by Crippen LogP contribution is -2.43. The molecule has 0 aliphatic rings. The van der Waals surface area contributed by atoms with Gasteiger partial charge in [-0.25, -0.2) is 4.79 Å². The number of hydrogen-bond acceptors (Lipinski definition) is 2. The van der Waals surface area contributed by atoms with Gasteiger partial charge < -0.3 is 15.4 Å². The summed E-state index contributed by atoms with van der Waals surface area (Å²) in [4.78, 5) is 12.0. The number of carbonyl (C=O) groups is 1. The van der Waals surface area contributed by atoms with Gasteiger partial charge in [0.05, 0.1) is 18.7 Å². The standard InChI is InChI=1S/C17H28N2O2/c1-12(2)10-21-11-14(4)18-17(20)19-15(5)16-9-7-6-8-13(16)3/h6-9,12,14-15H,10-11H2,1-5H3,(H2,18,19,20). The van der Waals surface area contributed by atoms with E-state index in [0.717, 1.165) is 5.56 Å². The summed E-state index contributed by atoms with van der Waals surface area (Å²) in [6.07, 6.45) is 0. The quantitative estimate of drug-likeness (QED) is 0.809. The van der Waals surface area contributed by atoms with Crippen molar-refractivity contribution in [3.05, 3.63) is 35.4 Å². The predicted octanol–water partition coefficient (Wildman–Crippen LogP) is 3.42. The third-order valence-electron chi connectivity index (χ3n) is 3.20. The van der Waals surface area contributed by atoms with Gasteiger partial charge in [-0.1, -0.05) is 38.1 Å². The zero-order chi connectivity index (χ0) is 15.8. The molecule has 0 spiro atoms. The van der Waals surface area contributed by atoms with Gasteiger partial charge >= 0.3 is 6.03 Å². The molecule has 1 rings (SSSR count). The summed E-state index contributed by atoms with van der Waals surface area (Å²) in [5.41, 5.74) is 2.31. The Kier molecular flexibility index (Phi) is 7.23. The minimum atomic E-state index is -0.161. The summed E-state index contributed by atoms with van der Waals surface area (Å²) in [5, 5.41) is 5.86. The maximum atomic E-state index is 12.0. The van der Waals surface area contributed by atoms with E-state index in [2.05, 4.69) is 24.5 Å². The molecule has 0 aliphatic heterocycles. The molecule has 0 fully saturated rings. The van der Waals surface area contributed by atoms with Crippen molar-refractivity contribution < 1.29 is 9.53 Å². The molecule has 1 aromatic rings. The second-order valence-electron chi connectivity index (χ2n) is 6.03. The first-order chi connectivity index (χ1) is 9.90. The first-order valence-electron chi connectivity index (χ1n) is 7.60. The monoisotopic (exact) mass is 292 g/mol. The Morgan fingerprint density at radius 2 is 1.76 bits per heavy atom. The maximum Gasteiger partial charge on any atom is 0.315 e. The van der Waals surface area contributed by atoms with E-state index in [9.17, 15) is 4.79 Å². The van der Waals surface area contributed by atoms with E-state index in [0.29, 0.717) is 19.1 Å². The zero-order valence-electron chi connectivity index (χ0n) is 13.8. The second-order valence-corrected chi connectivity index (χ2v) is 6.03. The molecule has 0 saturated heterocycles. The normalized spacial score (nSPS) is 13.8. The number of benzene rings is 1. The van der Waals surface area contributed by atoms with E-state index in [1.165, 1.54) is 5.56 Å². The molecule has 0 saturated carbocycles. The van der Waals surface area contributed by atoms with Crippen LogP contribution in [0.5, 0.6) is 0 Å². The van der Waals surface area contributed by atoms with Crippen LogP contribution in [0.3, 0.4) is 0 Å². The highest BCUT2D eigenvalue weighted by molar-refractivity contribution is 5.74. The lowest BCUT2D eigenvalue weighted by atomic mass is 10.0. The molecule has 118 valence electrons. The van der Waals surface area contributed by atoms with Crippen LogP contribution in [0, 0.1) is 12.8 Å². The summed E-state index contributed by atoms with van der Waals surface area (Å²) in [7, 11) is 0. The van der Waals surface area contributed by atoms with Gasteiger partial charge in [0.15, 0.2) is 0 Å². The number of ether oxygens (including phenoxy) is 1. The summed E-state index contributed by atoms with van der Waals surface area (Å²) >= 11 is 0. The van der Waals surface area contributed by atoms with Gasteiger partial charge in [0.1, 0.15) is 0 Å². The van der Waals surface area contributed by atoms with Crippen LogP contribution in [0.25, 0.3) is 0 Å². The van der Waals surface area contributed by atoms with Gasteiger partial charge in [-0.3, -0.25) is 0 Å². The summed E-state index contributed by atoms with van der Waals surface area (Å²) in [5.74, 6) is 0.507. The van der Waals surface area contributed by atoms with E-state index in [1.54, 1.807) is 0 Å². The smallest absolute Gasteiger partial charge is 0.315 e. The molecule has 4 heteroatoms. The van der Waals surface area contributed by atoms with Gasteiger partial charge in [0.25, 0.3) is 0 Å². The molecule has 0 heterocycles. The van der Waals surface area contributed by atoms with Crippen LogP contribution in [0.15, 0.2) is 24.3 Å². The molecule has 2 amide bonds. The molecule has 4 nitrogen and oxygen atoms in total. The van der Waals surface area contributed by atoms with Crippen LogP contribution in [0.4, 0.5) is 4.79 Å². The van der Waals surface area contributed by atoms with E-state index in [-0.39, 0.29) is 18.1 Å². The average Bonchev–Trinajstić information content (AvgIpc) is 2.38. The summed E-state index contributed by atoms with van der Waals surface area (Å²) in [6.45, 7) is 11.4. The van der Waals surface area contributed by atoms with Gasteiger partial charge in [-0.2, -0.15) is 0 Å². The molecule has 0 aliphatic carbocycles. The Bertz CT molecular complexity index is 446. The third kappa shape index (κ3) is 6.63. The second kappa shape index (κ2) is 8.67. The number of amides is 2. The molecular formula is C17H28N2O2. The fourth-order valence-electron chi connectivity index (χ4n) is 2.13. The van der Waals surface area contributed by atoms with Crippen molar-refractivity contribution in [2.45, 2.75) is 46.7 Å². The minimum absolute atomic E-state index is 0.00665. The number of hydrogen-bond donors (Lipinski definition) is 2. The third-order valence-corrected chi connectivity index (χ3v) is 3.20. The van der Waals surface area contributed by atoms with Crippen molar-refractivity contribution in [1.29, 1.82) is 0 Å². The number of nitrogens with one attached hydrogen (secondary N) is 2. The van der Waals surface area contributed by atoms with Crippen LogP contribution in [0.2, 0.25) is 0 Å². The lowest BCUT2D eigenvalue weighted by molar-refractivity contribution is 0.0953. The molecule has 21 heavy (non-hydrogen) atoms. The fraction of sp³-hybridized carbons (Fsp3) is 0.588. The number of urea groups is 1. The molecule has 0 aromatic heterocycles. The molecule has 0 radical (unpaired) electrons. The predicted molar refractivity (Wildman–Crippen MR) is 86.4 cm³/mol. The maximum absolute atomic E-state index is 12.0. The molecule has 2 atom stereocenters. The van der Waals surface area contributed by atoms with Gasteiger partial charge in [-0.15, -0.1) is 0 Å². The number of aryl methyl sites for hydroxylation is 1. The molecule has 2 N–H and O–H groups in total. The van der Waals surface area contributed by atoms with Gasteiger partial charge in [0, 0.05) is 6.61 Å². The van der Waals surface area contributed by atoms with E-state index >= 15 is 0 Å². The first-order valence-corrected chi connectivity index (χ1v) is 7.60. The van der Waals surface area contributed by atoms with Crippen molar-refractivity contribution in [3.8, 4) is 0 Å². The highest BCUT2D eigenvalue weighted by Gasteiger charge is 2.13. The Morgan fingerprint density at radius 1 is 1.10 bits per heavy atom. The van der Waals surface area contributed by atoms with Crippen LogP contribution in [-0.2, 0) is 4.74 Å². The minimum Gasteiger partial charge on any atom is -0.379 e. The lowest BCUT2D eigenvalue weighted by Gasteiger charge is -2.20. The average molecular weight is 292 g/mol. The Labute approximate surface area is 128 Å². The molecule has 1 aromatic carbocycles. The van der Waals surface area contributed by atoms with Gasteiger partial charge in [-0.05, 0) is 37.8 Å². The van der Waals surface area contributed by atoms with Crippen molar-refractivity contribution in [3.63, 3.8) is 0 Å². The Hall–Kier alpha value is -1.55. The van der Waals surface area contributed by atoms with Crippen molar-refractivity contribution in [2.24, 2.45) is 5.92 Å². The van der Waals surface area contributed by atoms with Crippen molar-refractivity contribution in [2.75, 3.05) is 13.2 Å². The highest BCUT2D eigenvalue weighted by atomic mass is 16.5. The Morgan fingerprint density at radius 3 is 2.38 bits per heavy atom. The van der Waals surface area contributed by atoms with Crippen molar-refractivity contribution in [1.82, 2.24) is 10.6 Å². The summed E-state index contributed by atoms with van der Waals surface area (Å²) in [6, 6.07) is 7.89. The topological polar surface area (TPSA) is 50.4 Å². The molecule has 2 unspecified atom stereocenters. The number of carbonyl (C=O) groups excluding carboxylic acids is 1. The van der Waals surface area contributed by atoms with E-state index in [4.69, 9.17) is 4.74 Å². The van der Waals surface area contributed by atoms with Crippen LogP contribution in [0.1, 0.15) is 44.9 Å². The summed E-state index contributed by atoms with van der Waals surface area (Å²) < 4.78 is 5.52. The molecular weight excluding hydrogens is 264 g/mol. The zero-order valence-corrected chi connectivity index (χ0v) is 13.8. The van der Waals surface area contributed by atoms with Crippen LogP contribution in [-0.4, -0.2) is 25.3 Å². The largest absolute Gasteiger partial charge is 0.379 e. The fourth-order valence-corrected chi connectivity index (χ4v) is 2.13. The Balaban J connectivity index is 2.38.